The highest BCUT2D eigenvalue weighted by Gasteiger charge is 2.16. The molecule has 22 heavy (non-hydrogen) atoms. The van der Waals surface area contributed by atoms with Gasteiger partial charge in [-0.15, -0.1) is 0 Å². The lowest BCUT2D eigenvalue weighted by atomic mass is 10.2. The van der Waals surface area contributed by atoms with E-state index in [9.17, 15) is 18.4 Å². The topological polar surface area (TPSA) is 58.2 Å². The normalized spacial score (nSPS) is 10.2. The Labute approximate surface area is 130 Å². The van der Waals surface area contributed by atoms with Gasteiger partial charge in [-0.3, -0.25) is 9.59 Å². The van der Waals surface area contributed by atoms with Gasteiger partial charge in [0.05, 0.1) is 5.69 Å². The van der Waals surface area contributed by atoms with Crippen LogP contribution in [-0.4, -0.2) is 11.8 Å². The summed E-state index contributed by atoms with van der Waals surface area (Å²) in [6, 6.07) is 7.34. The third-order valence-corrected chi connectivity index (χ3v) is 3.22. The predicted octanol–water partition coefficient (Wildman–Crippen LogP) is 3.50. The smallest absolute Gasteiger partial charge is 0.314 e. The first-order chi connectivity index (χ1) is 10.4. The minimum absolute atomic E-state index is 0.288. The number of benzene rings is 2. The molecule has 0 aliphatic carbocycles. The van der Waals surface area contributed by atoms with Gasteiger partial charge < -0.3 is 10.6 Å². The Hall–Kier alpha value is -2.47. The summed E-state index contributed by atoms with van der Waals surface area (Å²) in [4.78, 5) is 23.4. The van der Waals surface area contributed by atoms with E-state index in [4.69, 9.17) is 11.6 Å². The van der Waals surface area contributed by atoms with Crippen molar-refractivity contribution in [1.29, 1.82) is 0 Å². The van der Waals surface area contributed by atoms with Gasteiger partial charge in [0.1, 0.15) is 11.6 Å². The molecule has 0 spiro atoms. The number of amides is 2. The Kier molecular flexibility index (Phi) is 4.72. The Morgan fingerprint density at radius 3 is 2.32 bits per heavy atom. The number of hydrogen-bond acceptors (Lipinski definition) is 2. The van der Waals surface area contributed by atoms with Crippen molar-refractivity contribution in [3.63, 3.8) is 0 Å². The van der Waals surface area contributed by atoms with E-state index in [1.54, 1.807) is 19.1 Å². The molecule has 0 bridgehead atoms. The fourth-order valence-corrected chi connectivity index (χ4v) is 1.81. The van der Waals surface area contributed by atoms with Crippen LogP contribution in [0.4, 0.5) is 20.2 Å². The van der Waals surface area contributed by atoms with Gasteiger partial charge in [0, 0.05) is 16.8 Å². The number of hydrogen-bond donors (Lipinski definition) is 2. The third-order valence-electron chi connectivity index (χ3n) is 2.82. The van der Waals surface area contributed by atoms with Crippen LogP contribution in [0.2, 0.25) is 5.02 Å². The fraction of sp³-hybridized carbons (Fsp3) is 0.0667. The third kappa shape index (κ3) is 3.79. The van der Waals surface area contributed by atoms with Crippen molar-refractivity contribution in [1.82, 2.24) is 0 Å². The number of carbonyl (C=O) groups is 2. The van der Waals surface area contributed by atoms with Crippen molar-refractivity contribution in [2.75, 3.05) is 10.6 Å². The van der Waals surface area contributed by atoms with Crippen LogP contribution < -0.4 is 10.6 Å². The largest absolute Gasteiger partial charge is 0.318 e. The van der Waals surface area contributed by atoms with Gasteiger partial charge in [-0.25, -0.2) is 8.78 Å². The molecule has 2 rings (SSSR count). The van der Waals surface area contributed by atoms with Crippen LogP contribution in [0.1, 0.15) is 5.56 Å². The molecular weight excluding hydrogens is 314 g/mol. The van der Waals surface area contributed by atoms with Crippen LogP contribution in [0.5, 0.6) is 0 Å². The van der Waals surface area contributed by atoms with Crippen molar-refractivity contribution in [2.24, 2.45) is 0 Å². The van der Waals surface area contributed by atoms with Gasteiger partial charge >= 0.3 is 11.8 Å². The Morgan fingerprint density at radius 2 is 1.68 bits per heavy atom. The summed E-state index contributed by atoms with van der Waals surface area (Å²) in [5.74, 6) is -3.83. The predicted molar refractivity (Wildman–Crippen MR) is 79.8 cm³/mol. The first-order valence-corrected chi connectivity index (χ1v) is 6.58. The highest BCUT2D eigenvalue weighted by Crippen LogP contribution is 2.20. The summed E-state index contributed by atoms with van der Waals surface area (Å²) in [5.41, 5.74) is 0.858. The lowest BCUT2D eigenvalue weighted by Crippen LogP contribution is -2.29. The first-order valence-electron chi connectivity index (χ1n) is 6.20. The maximum absolute atomic E-state index is 13.4. The van der Waals surface area contributed by atoms with Crippen molar-refractivity contribution >= 4 is 34.8 Å². The van der Waals surface area contributed by atoms with E-state index in [0.717, 1.165) is 17.7 Å². The molecule has 0 fully saturated rings. The van der Waals surface area contributed by atoms with Gasteiger partial charge in [0.2, 0.25) is 0 Å². The van der Waals surface area contributed by atoms with Gasteiger partial charge in [0.25, 0.3) is 0 Å². The Bertz CT molecular complexity index is 750. The Balaban J connectivity index is 2.05. The molecule has 0 heterocycles. The van der Waals surface area contributed by atoms with E-state index in [1.807, 2.05) is 0 Å². The first kappa shape index (κ1) is 15.9. The van der Waals surface area contributed by atoms with Crippen molar-refractivity contribution in [3.05, 3.63) is 58.6 Å². The average Bonchev–Trinajstić information content (AvgIpc) is 2.45. The molecule has 0 saturated heterocycles. The second kappa shape index (κ2) is 6.53. The zero-order valence-electron chi connectivity index (χ0n) is 11.4. The van der Waals surface area contributed by atoms with E-state index in [0.29, 0.717) is 16.8 Å². The van der Waals surface area contributed by atoms with Crippen LogP contribution in [0, 0.1) is 18.6 Å². The summed E-state index contributed by atoms with van der Waals surface area (Å²) in [5, 5.41) is 4.82. The second-order valence-electron chi connectivity index (χ2n) is 4.50. The van der Waals surface area contributed by atoms with Gasteiger partial charge in [0.15, 0.2) is 0 Å². The van der Waals surface area contributed by atoms with E-state index >= 15 is 0 Å². The van der Waals surface area contributed by atoms with Gasteiger partial charge in [-0.1, -0.05) is 17.7 Å². The van der Waals surface area contributed by atoms with Crippen molar-refractivity contribution < 1.29 is 18.4 Å². The van der Waals surface area contributed by atoms with Gasteiger partial charge in [-0.2, -0.15) is 0 Å². The van der Waals surface area contributed by atoms with Crippen LogP contribution >= 0.6 is 11.6 Å². The number of nitrogens with one attached hydrogen (secondary N) is 2. The maximum atomic E-state index is 13.4. The molecule has 7 heteroatoms. The monoisotopic (exact) mass is 324 g/mol. The highest BCUT2D eigenvalue weighted by atomic mass is 35.5. The summed E-state index contributed by atoms with van der Waals surface area (Å²) < 4.78 is 26.2. The zero-order chi connectivity index (χ0) is 16.3. The van der Waals surface area contributed by atoms with Crippen LogP contribution in [0.3, 0.4) is 0 Å². The molecule has 0 aliphatic heterocycles. The number of halogens is 3. The SMILES string of the molecule is Cc1ccc(NC(=O)C(=O)Nc2ccc(F)cc2F)cc1Cl. The minimum Gasteiger partial charge on any atom is -0.318 e. The second-order valence-corrected chi connectivity index (χ2v) is 4.90. The molecule has 0 radical (unpaired) electrons. The van der Waals surface area contributed by atoms with Crippen LogP contribution in [0.25, 0.3) is 0 Å². The molecule has 2 aromatic rings. The molecule has 0 aromatic heterocycles. The molecule has 2 amide bonds. The summed E-state index contributed by atoms with van der Waals surface area (Å²) >= 11 is 5.91. The number of rotatable bonds is 2. The Morgan fingerprint density at radius 1 is 1.00 bits per heavy atom. The number of anilines is 2. The molecule has 2 N–H and O–H groups in total. The summed E-state index contributed by atoms with van der Waals surface area (Å²) in [7, 11) is 0. The van der Waals surface area contributed by atoms with Crippen LogP contribution in [0.15, 0.2) is 36.4 Å². The highest BCUT2D eigenvalue weighted by molar-refractivity contribution is 6.43. The summed E-state index contributed by atoms with van der Waals surface area (Å²) in [6.07, 6.45) is 0. The van der Waals surface area contributed by atoms with Gasteiger partial charge in [-0.05, 0) is 36.8 Å². The van der Waals surface area contributed by atoms with E-state index < -0.39 is 23.4 Å². The van der Waals surface area contributed by atoms with E-state index in [1.165, 1.54) is 6.07 Å². The fourth-order valence-electron chi connectivity index (χ4n) is 1.63. The molecule has 0 aliphatic rings. The van der Waals surface area contributed by atoms with Crippen molar-refractivity contribution in [3.8, 4) is 0 Å². The maximum Gasteiger partial charge on any atom is 0.314 e. The van der Waals surface area contributed by atoms with Crippen molar-refractivity contribution in [2.45, 2.75) is 6.92 Å². The number of aryl methyl sites for hydroxylation is 1. The van der Waals surface area contributed by atoms with E-state index in [-0.39, 0.29) is 5.69 Å². The lowest BCUT2D eigenvalue weighted by molar-refractivity contribution is -0.133. The van der Waals surface area contributed by atoms with E-state index in [2.05, 4.69) is 10.6 Å². The molecule has 0 saturated carbocycles. The number of carbonyl (C=O) groups excluding carboxylic acids is 2. The quantitative estimate of drug-likeness (QED) is 0.831. The molecular formula is C15H11ClF2N2O2. The zero-order valence-corrected chi connectivity index (χ0v) is 12.2. The molecule has 0 unspecified atom stereocenters. The molecule has 114 valence electrons. The average molecular weight is 325 g/mol. The molecule has 0 atom stereocenters. The standard InChI is InChI=1S/C15H11ClF2N2O2/c1-8-2-4-10(7-11(8)16)19-14(21)15(22)20-13-5-3-9(17)6-12(13)18/h2-7H,1H3,(H,19,21)(H,20,22). The lowest BCUT2D eigenvalue weighted by Gasteiger charge is -2.08. The minimum atomic E-state index is -1.08. The molecule has 4 nitrogen and oxygen atoms in total. The van der Waals surface area contributed by atoms with Crippen LogP contribution in [-0.2, 0) is 9.59 Å². The summed E-state index contributed by atoms with van der Waals surface area (Å²) in [6.45, 7) is 1.79. The molecule has 2 aromatic carbocycles.